The lowest BCUT2D eigenvalue weighted by atomic mass is 9.94. The molecule has 0 saturated carbocycles. The molecule has 1 fully saturated rings. The number of aromatic nitrogens is 5. The summed E-state index contributed by atoms with van der Waals surface area (Å²) in [6.45, 7) is 1.39. The van der Waals surface area contributed by atoms with Crippen molar-refractivity contribution in [3.05, 3.63) is 54.3 Å². The first-order valence-electron chi connectivity index (χ1n) is 8.41. The van der Waals surface area contributed by atoms with Gasteiger partial charge in [0, 0.05) is 30.9 Å². The standard InChI is InChI=1S/C17H18N6O2S/c24-16(15-4-3-13(25-15)9-26-17-20-11-21-22-17)23-7-1-2-12(8-23)14-5-6-18-10-19-14/h3-6,10-12H,1-2,7-9H2,(H,20,21,22). The number of carbonyl (C=O) groups is 1. The van der Waals surface area contributed by atoms with Gasteiger partial charge in [-0.05, 0) is 31.0 Å². The van der Waals surface area contributed by atoms with Crippen LogP contribution in [0.3, 0.4) is 0 Å². The van der Waals surface area contributed by atoms with Crippen LogP contribution in [0.25, 0.3) is 0 Å². The molecular formula is C17H18N6O2S. The van der Waals surface area contributed by atoms with Crippen molar-refractivity contribution in [1.29, 1.82) is 0 Å². The van der Waals surface area contributed by atoms with E-state index in [2.05, 4.69) is 25.1 Å². The smallest absolute Gasteiger partial charge is 0.289 e. The first-order valence-corrected chi connectivity index (χ1v) is 9.40. The van der Waals surface area contributed by atoms with E-state index in [1.54, 1.807) is 18.6 Å². The molecule has 8 nitrogen and oxygen atoms in total. The van der Waals surface area contributed by atoms with Crippen LogP contribution in [-0.4, -0.2) is 49.0 Å². The van der Waals surface area contributed by atoms with Gasteiger partial charge in [0.25, 0.3) is 5.91 Å². The van der Waals surface area contributed by atoms with E-state index in [1.807, 2.05) is 17.0 Å². The van der Waals surface area contributed by atoms with E-state index in [1.165, 1.54) is 18.1 Å². The van der Waals surface area contributed by atoms with Crippen molar-refractivity contribution >= 4 is 17.7 Å². The zero-order valence-electron chi connectivity index (χ0n) is 14.0. The van der Waals surface area contributed by atoms with Gasteiger partial charge in [0.1, 0.15) is 18.4 Å². The monoisotopic (exact) mass is 370 g/mol. The molecule has 1 atom stereocenters. The third-order valence-corrected chi connectivity index (χ3v) is 5.25. The summed E-state index contributed by atoms with van der Waals surface area (Å²) in [7, 11) is 0. The molecule has 0 aliphatic carbocycles. The Labute approximate surface area is 154 Å². The summed E-state index contributed by atoms with van der Waals surface area (Å²) in [5, 5.41) is 7.31. The van der Waals surface area contributed by atoms with Crippen LogP contribution in [0.2, 0.25) is 0 Å². The zero-order chi connectivity index (χ0) is 17.8. The lowest BCUT2D eigenvalue weighted by Gasteiger charge is -2.31. The second-order valence-electron chi connectivity index (χ2n) is 6.07. The molecule has 4 rings (SSSR count). The normalized spacial score (nSPS) is 17.4. The molecule has 26 heavy (non-hydrogen) atoms. The van der Waals surface area contributed by atoms with E-state index in [-0.39, 0.29) is 11.8 Å². The first kappa shape index (κ1) is 16.8. The lowest BCUT2D eigenvalue weighted by Crippen LogP contribution is -2.39. The summed E-state index contributed by atoms with van der Waals surface area (Å²) in [6, 6.07) is 5.50. The van der Waals surface area contributed by atoms with Crippen LogP contribution in [0, 0.1) is 0 Å². The predicted octanol–water partition coefficient (Wildman–Crippen LogP) is 2.50. The summed E-state index contributed by atoms with van der Waals surface area (Å²) < 4.78 is 5.74. The maximum absolute atomic E-state index is 12.8. The fourth-order valence-corrected chi connectivity index (χ4v) is 3.75. The van der Waals surface area contributed by atoms with E-state index in [0.717, 1.165) is 36.0 Å². The fourth-order valence-electron chi connectivity index (χ4n) is 3.07. The quantitative estimate of drug-likeness (QED) is 0.689. The van der Waals surface area contributed by atoms with Crippen LogP contribution in [0.5, 0.6) is 0 Å². The molecule has 134 valence electrons. The highest BCUT2D eigenvalue weighted by molar-refractivity contribution is 7.98. The molecule has 1 unspecified atom stereocenters. The number of hydrogen-bond donors (Lipinski definition) is 1. The summed E-state index contributed by atoms with van der Waals surface area (Å²) in [4.78, 5) is 27.0. The summed E-state index contributed by atoms with van der Waals surface area (Å²) >= 11 is 1.48. The molecule has 0 radical (unpaired) electrons. The number of nitrogens with one attached hydrogen (secondary N) is 1. The Kier molecular flexibility index (Phi) is 4.96. The van der Waals surface area contributed by atoms with Crippen LogP contribution in [-0.2, 0) is 5.75 Å². The number of aromatic amines is 1. The molecule has 4 heterocycles. The van der Waals surface area contributed by atoms with Gasteiger partial charge in [0.15, 0.2) is 10.9 Å². The maximum atomic E-state index is 12.8. The minimum absolute atomic E-state index is 0.0697. The molecule has 1 saturated heterocycles. The van der Waals surface area contributed by atoms with Crippen LogP contribution < -0.4 is 0 Å². The molecule has 1 N–H and O–H groups in total. The highest BCUT2D eigenvalue weighted by atomic mass is 32.2. The average molecular weight is 370 g/mol. The van der Waals surface area contributed by atoms with Gasteiger partial charge in [0.2, 0.25) is 0 Å². The number of thioether (sulfide) groups is 1. The number of nitrogens with zero attached hydrogens (tertiary/aromatic N) is 5. The van der Waals surface area contributed by atoms with E-state index in [9.17, 15) is 4.79 Å². The molecular weight excluding hydrogens is 352 g/mol. The highest BCUT2D eigenvalue weighted by Gasteiger charge is 2.27. The molecule has 3 aromatic rings. The van der Waals surface area contributed by atoms with Crippen molar-refractivity contribution in [2.75, 3.05) is 13.1 Å². The molecule has 9 heteroatoms. The van der Waals surface area contributed by atoms with Crippen molar-refractivity contribution in [3.63, 3.8) is 0 Å². The Balaban J connectivity index is 1.39. The fraction of sp³-hybridized carbons (Fsp3) is 0.353. The molecule has 3 aromatic heterocycles. The molecule has 0 spiro atoms. The van der Waals surface area contributed by atoms with Crippen molar-refractivity contribution in [2.45, 2.75) is 29.7 Å². The van der Waals surface area contributed by atoms with Crippen molar-refractivity contribution in [2.24, 2.45) is 0 Å². The number of rotatable bonds is 5. The number of likely N-dealkylation sites (tertiary alicyclic amines) is 1. The molecule has 1 aliphatic rings. The van der Waals surface area contributed by atoms with E-state index >= 15 is 0 Å². The van der Waals surface area contributed by atoms with Crippen LogP contribution >= 0.6 is 11.8 Å². The summed E-state index contributed by atoms with van der Waals surface area (Å²) in [6.07, 6.45) is 6.74. The number of H-pyrrole nitrogens is 1. The summed E-state index contributed by atoms with van der Waals surface area (Å²) in [5.41, 5.74) is 0.987. The van der Waals surface area contributed by atoms with Crippen molar-refractivity contribution < 1.29 is 9.21 Å². The molecule has 0 aromatic carbocycles. The first-order chi connectivity index (χ1) is 12.8. The molecule has 0 bridgehead atoms. The Morgan fingerprint density at radius 2 is 2.27 bits per heavy atom. The number of carbonyl (C=O) groups excluding carboxylic acids is 1. The number of amides is 1. The third kappa shape index (κ3) is 3.77. The van der Waals surface area contributed by atoms with Crippen LogP contribution in [0.4, 0.5) is 0 Å². The number of furan rings is 1. The van der Waals surface area contributed by atoms with Crippen LogP contribution in [0.1, 0.15) is 40.8 Å². The average Bonchev–Trinajstić information content (AvgIpc) is 3.38. The molecule has 1 aliphatic heterocycles. The minimum atomic E-state index is -0.0697. The zero-order valence-corrected chi connectivity index (χ0v) is 14.9. The van der Waals surface area contributed by atoms with E-state index < -0.39 is 0 Å². The maximum Gasteiger partial charge on any atom is 0.289 e. The van der Waals surface area contributed by atoms with Crippen LogP contribution in [0.15, 0.2) is 46.6 Å². The van der Waals surface area contributed by atoms with Crippen molar-refractivity contribution in [3.8, 4) is 0 Å². The third-order valence-electron chi connectivity index (χ3n) is 4.35. The Bertz CT molecular complexity index is 851. The van der Waals surface area contributed by atoms with Gasteiger partial charge in [-0.25, -0.2) is 15.0 Å². The highest BCUT2D eigenvalue weighted by Crippen LogP contribution is 2.27. The second kappa shape index (κ2) is 7.69. The van der Waals surface area contributed by atoms with E-state index in [0.29, 0.717) is 18.1 Å². The van der Waals surface area contributed by atoms with Gasteiger partial charge in [-0.3, -0.25) is 9.89 Å². The SMILES string of the molecule is O=C(c1ccc(CSc2ncn[nH]2)o1)N1CCCC(c2ccncn2)C1. The summed E-state index contributed by atoms with van der Waals surface area (Å²) in [5.74, 6) is 1.87. The van der Waals surface area contributed by atoms with E-state index in [4.69, 9.17) is 4.42 Å². The van der Waals surface area contributed by atoms with Gasteiger partial charge >= 0.3 is 0 Å². The Morgan fingerprint density at radius 1 is 1.31 bits per heavy atom. The topological polar surface area (TPSA) is 101 Å². The predicted molar refractivity (Wildman–Crippen MR) is 94.6 cm³/mol. The Hall–Kier alpha value is -2.68. The van der Waals surface area contributed by atoms with Gasteiger partial charge in [0.05, 0.1) is 5.75 Å². The lowest BCUT2D eigenvalue weighted by molar-refractivity contribution is 0.0672. The van der Waals surface area contributed by atoms with Gasteiger partial charge in [-0.1, -0.05) is 11.8 Å². The minimum Gasteiger partial charge on any atom is -0.455 e. The molecule has 1 amide bonds. The Morgan fingerprint density at radius 3 is 3.08 bits per heavy atom. The van der Waals surface area contributed by atoms with Gasteiger partial charge in [-0.15, -0.1) is 0 Å². The van der Waals surface area contributed by atoms with Gasteiger partial charge < -0.3 is 9.32 Å². The second-order valence-corrected chi connectivity index (χ2v) is 7.03. The number of piperidine rings is 1. The van der Waals surface area contributed by atoms with Crippen molar-refractivity contribution in [1.82, 2.24) is 30.0 Å². The number of hydrogen-bond acceptors (Lipinski definition) is 7. The van der Waals surface area contributed by atoms with Gasteiger partial charge in [-0.2, -0.15) is 5.10 Å². The largest absolute Gasteiger partial charge is 0.455 e.